The number of carbonyl (C=O) groups excluding carboxylic acids is 1. The maximum absolute atomic E-state index is 11.5. The molecule has 1 aliphatic rings. The van der Waals surface area contributed by atoms with Gasteiger partial charge in [0.05, 0.1) is 0 Å². The smallest absolute Gasteiger partial charge is 0.137 e. The molecule has 0 amide bonds. The summed E-state index contributed by atoms with van der Waals surface area (Å²) in [4.78, 5) is 12.8. The maximum atomic E-state index is 11.5. The summed E-state index contributed by atoms with van der Waals surface area (Å²) >= 11 is 1.90. The highest BCUT2D eigenvalue weighted by Crippen LogP contribution is 2.31. The van der Waals surface area contributed by atoms with Gasteiger partial charge in [-0.25, -0.2) is 0 Å². The molecule has 2 rings (SSSR count). The second-order valence-corrected chi connectivity index (χ2v) is 5.27. The lowest BCUT2D eigenvalue weighted by atomic mass is 10.0. The molecule has 0 aliphatic carbocycles. The molecule has 14 heavy (non-hydrogen) atoms. The molecule has 0 spiro atoms. The monoisotopic (exact) mass is 206 g/mol. The van der Waals surface area contributed by atoms with Gasteiger partial charge >= 0.3 is 0 Å². The van der Waals surface area contributed by atoms with Crippen molar-refractivity contribution in [3.8, 4) is 0 Å². The number of Topliss-reactive ketones (excluding diaryl/α,β-unsaturated/α-hetero) is 1. The van der Waals surface area contributed by atoms with Crippen LogP contribution in [0.25, 0.3) is 0 Å². The predicted molar refractivity (Wildman–Crippen MR) is 59.7 cm³/mol. The Morgan fingerprint density at radius 1 is 1.36 bits per heavy atom. The van der Waals surface area contributed by atoms with Gasteiger partial charge in [0, 0.05) is 23.0 Å². The molecular weight excluding hydrogens is 192 g/mol. The van der Waals surface area contributed by atoms with Crippen molar-refractivity contribution in [2.24, 2.45) is 0 Å². The quantitative estimate of drug-likeness (QED) is 0.649. The molecule has 1 aromatic carbocycles. The first-order valence-corrected chi connectivity index (χ1v) is 5.90. The van der Waals surface area contributed by atoms with Crippen LogP contribution < -0.4 is 0 Å². The molecule has 0 bridgehead atoms. The summed E-state index contributed by atoms with van der Waals surface area (Å²) in [5.74, 6) is 0.379. The number of fused-ring (bicyclic) bond motifs is 1. The van der Waals surface area contributed by atoms with E-state index in [0.717, 1.165) is 12.8 Å². The number of ketones is 1. The summed E-state index contributed by atoms with van der Waals surface area (Å²) in [5.41, 5.74) is 1.20. The van der Waals surface area contributed by atoms with Gasteiger partial charge in [-0.1, -0.05) is 25.1 Å². The number of rotatable bonds is 0. The van der Waals surface area contributed by atoms with Crippen molar-refractivity contribution in [3.63, 3.8) is 0 Å². The molecule has 1 nitrogen and oxygen atoms in total. The fraction of sp³-hybridized carbons (Fsp3) is 0.417. The van der Waals surface area contributed by atoms with Crippen molar-refractivity contribution in [1.29, 1.82) is 0 Å². The molecule has 0 aromatic heterocycles. The van der Waals surface area contributed by atoms with Gasteiger partial charge in [0.15, 0.2) is 0 Å². The van der Waals surface area contributed by atoms with Crippen molar-refractivity contribution < 1.29 is 4.79 Å². The number of carbonyl (C=O) groups is 1. The molecular formula is C12H14OS. The lowest BCUT2D eigenvalue weighted by Crippen LogP contribution is -2.10. The van der Waals surface area contributed by atoms with Crippen LogP contribution in [0.2, 0.25) is 0 Å². The van der Waals surface area contributed by atoms with E-state index in [2.05, 4.69) is 19.1 Å². The Balaban J connectivity index is 2.32. The summed E-state index contributed by atoms with van der Waals surface area (Å²) in [5, 5.41) is 0.556. The number of hydrogen-bond acceptors (Lipinski definition) is 2. The van der Waals surface area contributed by atoms with Crippen molar-refractivity contribution in [2.75, 3.05) is 0 Å². The van der Waals surface area contributed by atoms with Gasteiger partial charge in [-0.2, -0.15) is 0 Å². The first-order valence-electron chi connectivity index (χ1n) is 5.02. The summed E-state index contributed by atoms with van der Waals surface area (Å²) < 4.78 is 0. The highest BCUT2D eigenvalue weighted by Gasteiger charge is 2.15. The minimum atomic E-state index is 0.379. The van der Waals surface area contributed by atoms with E-state index in [1.54, 1.807) is 0 Å². The van der Waals surface area contributed by atoms with E-state index in [0.29, 0.717) is 17.5 Å². The standard InChI is InChI=1S/C12H14OS/c1-9-6-7-11(13)8-10-4-2-3-5-12(10)14-9/h2-5,9H,6-8H2,1H3/t9-/m0/s1. The molecule has 1 atom stereocenters. The molecule has 1 aliphatic heterocycles. The summed E-state index contributed by atoms with van der Waals surface area (Å²) in [6.45, 7) is 2.19. The second-order valence-electron chi connectivity index (χ2n) is 3.79. The highest BCUT2D eigenvalue weighted by molar-refractivity contribution is 8.00. The molecule has 0 N–H and O–H groups in total. The molecule has 0 saturated heterocycles. The molecule has 2 heteroatoms. The Bertz CT molecular complexity index is 346. The van der Waals surface area contributed by atoms with Crippen molar-refractivity contribution in [3.05, 3.63) is 29.8 Å². The zero-order chi connectivity index (χ0) is 9.97. The van der Waals surface area contributed by atoms with Gasteiger partial charge in [-0.3, -0.25) is 4.79 Å². The summed E-state index contributed by atoms with van der Waals surface area (Å²) in [6, 6.07) is 8.25. The Morgan fingerprint density at radius 3 is 3.00 bits per heavy atom. The fourth-order valence-corrected chi connectivity index (χ4v) is 2.82. The van der Waals surface area contributed by atoms with Crippen LogP contribution in [0, 0.1) is 0 Å². The van der Waals surface area contributed by atoms with E-state index in [9.17, 15) is 4.79 Å². The fourth-order valence-electron chi connectivity index (χ4n) is 1.71. The van der Waals surface area contributed by atoms with Crippen LogP contribution in [0.3, 0.4) is 0 Å². The van der Waals surface area contributed by atoms with Crippen LogP contribution in [-0.4, -0.2) is 11.0 Å². The number of benzene rings is 1. The average molecular weight is 206 g/mol. The average Bonchev–Trinajstić information content (AvgIpc) is 2.16. The van der Waals surface area contributed by atoms with Gasteiger partial charge in [0.1, 0.15) is 5.78 Å². The van der Waals surface area contributed by atoms with Crippen molar-refractivity contribution in [2.45, 2.75) is 36.3 Å². The Labute approximate surface area is 88.9 Å². The largest absolute Gasteiger partial charge is 0.299 e. The lowest BCUT2D eigenvalue weighted by Gasteiger charge is -2.17. The topological polar surface area (TPSA) is 17.1 Å². The van der Waals surface area contributed by atoms with Crippen LogP contribution in [0.15, 0.2) is 29.2 Å². The Morgan fingerprint density at radius 2 is 2.14 bits per heavy atom. The third-order valence-corrected chi connectivity index (χ3v) is 3.81. The van der Waals surface area contributed by atoms with Gasteiger partial charge < -0.3 is 0 Å². The first-order chi connectivity index (χ1) is 6.75. The second kappa shape index (κ2) is 4.18. The minimum Gasteiger partial charge on any atom is -0.299 e. The molecule has 1 heterocycles. The number of hydrogen-bond donors (Lipinski definition) is 0. The van der Waals surface area contributed by atoms with Crippen LogP contribution in [-0.2, 0) is 11.2 Å². The minimum absolute atomic E-state index is 0.379. The van der Waals surface area contributed by atoms with Crippen molar-refractivity contribution >= 4 is 17.5 Å². The molecule has 1 aromatic rings. The maximum Gasteiger partial charge on any atom is 0.137 e. The van der Waals surface area contributed by atoms with Gasteiger partial charge in [0.2, 0.25) is 0 Å². The zero-order valence-corrected chi connectivity index (χ0v) is 9.14. The lowest BCUT2D eigenvalue weighted by molar-refractivity contribution is -0.118. The molecule has 0 unspecified atom stereocenters. The van der Waals surface area contributed by atoms with E-state index < -0.39 is 0 Å². The Kier molecular flexibility index (Phi) is 2.92. The molecule has 0 radical (unpaired) electrons. The molecule has 74 valence electrons. The van der Waals surface area contributed by atoms with E-state index in [1.165, 1.54) is 10.5 Å². The first kappa shape index (κ1) is 9.78. The van der Waals surface area contributed by atoms with Crippen LogP contribution >= 0.6 is 11.8 Å². The van der Waals surface area contributed by atoms with E-state index in [1.807, 2.05) is 23.9 Å². The normalized spacial score (nSPS) is 22.4. The third kappa shape index (κ3) is 2.18. The zero-order valence-electron chi connectivity index (χ0n) is 8.32. The van der Waals surface area contributed by atoms with E-state index in [-0.39, 0.29) is 0 Å². The number of thioether (sulfide) groups is 1. The molecule has 0 fully saturated rings. The van der Waals surface area contributed by atoms with Crippen LogP contribution in [0.5, 0.6) is 0 Å². The van der Waals surface area contributed by atoms with Gasteiger partial charge in [-0.05, 0) is 18.1 Å². The van der Waals surface area contributed by atoms with E-state index >= 15 is 0 Å². The van der Waals surface area contributed by atoms with Crippen molar-refractivity contribution in [1.82, 2.24) is 0 Å². The van der Waals surface area contributed by atoms with E-state index in [4.69, 9.17) is 0 Å². The van der Waals surface area contributed by atoms with Crippen LogP contribution in [0.1, 0.15) is 25.3 Å². The third-order valence-electron chi connectivity index (χ3n) is 2.52. The highest BCUT2D eigenvalue weighted by atomic mass is 32.2. The summed E-state index contributed by atoms with van der Waals surface area (Å²) in [6.07, 6.45) is 2.37. The summed E-state index contributed by atoms with van der Waals surface area (Å²) in [7, 11) is 0. The van der Waals surface area contributed by atoms with Crippen LogP contribution in [0.4, 0.5) is 0 Å². The predicted octanol–water partition coefficient (Wildman–Crippen LogP) is 3.07. The Hall–Kier alpha value is -0.760. The SMILES string of the molecule is C[C@H]1CCC(=O)Cc2ccccc2S1. The van der Waals surface area contributed by atoms with Gasteiger partial charge in [-0.15, -0.1) is 11.8 Å². The van der Waals surface area contributed by atoms with Gasteiger partial charge in [0.25, 0.3) is 0 Å². The molecule has 0 saturated carbocycles.